The van der Waals surface area contributed by atoms with Crippen molar-refractivity contribution >= 4 is 11.4 Å². The highest BCUT2D eigenvalue weighted by Gasteiger charge is 2.13. The minimum Gasteiger partial charge on any atom is -0.381 e. The minimum atomic E-state index is 0.476. The van der Waals surface area contributed by atoms with E-state index in [1.807, 2.05) is 0 Å². The van der Waals surface area contributed by atoms with Gasteiger partial charge in [-0.1, -0.05) is 12.1 Å². The van der Waals surface area contributed by atoms with E-state index in [0.29, 0.717) is 6.04 Å². The standard InChI is InChI=1S/C13H21N3/c1-11(2)15-12-5-3-4-6-13(12)16-9-7-14-8-10-16/h3-6,11,14-15H,7-10H2,1-2H3. The average molecular weight is 219 g/mol. The van der Waals surface area contributed by atoms with Crippen LogP contribution in [0.25, 0.3) is 0 Å². The molecule has 2 rings (SSSR count). The number of nitrogens with zero attached hydrogens (tertiary/aromatic N) is 1. The largest absolute Gasteiger partial charge is 0.381 e. The quantitative estimate of drug-likeness (QED) is 0.813. The van der Waals surface area contributed by atoms with Crippen LogP contribution in [-0.2, 0) is 0 Å². The topological polar surface area (TPSA) is 27.3 Å². The Bertz CT molecular complexity index is 330. The van der Waals surface area contributed by atoms with Crippen LogP contribution in [0.3, 0.4) is 0 Å². The van der Waals surface area contributed by atoms with Gasteiger partial charge in [0.2, 0.25) is 0 Å². The first-order valence-electron chi connectivity index (χ1n) is 6.08. The Morgan fingerprint density at radius 2 is 1.88 bits per heavy atom. The van der Waals surface area contributed by atoms with Crippen LogP contribution in [0.2, 0.25) is 0 Å². The van der Waals surface area contributed by atoms with Crippen molar-refractivity contribution in [2.24, 2.45) is 0 Å². The lowest BCUT2D eigenvalue weighted by atomic mass is 10.2. The smallest absolute Gasteiger partial charge is 0.0602 e. The van der Waals surface area contributed by atoms with Crippen LogP contribution in [0.1, 0.15) is 13.8 Å². The van der Waals surface area contributed by atoms with Crippen molar-refractivity contribution in [1.82, 2.24) is 5.32 Å². The maximum atomic E-state index is 3.51. The van der Waals surface area contributed by atoms with Crippen molar-refractivity contribution in [2.75, 3.05) is 36.4 Å². The molecular formula is C13H21N3. The van der Waals surface area contributed by atoms with Gasteiger partial charge >= 0.3 is 0 Å². The molecule has 3 nitrogen and oxygen atoms in total. The average Bonchev–Trinajstić information content (AvgIpc) is 2.30. The lowest BCUT2D eigenvalue weighted by Gasteiger charge is -2.31. The third-order valence-electron chi connectivity index (χ3n) is 2.81. The van der Waals surface area contributed by atoms with Crippen molar-refractivity contribution in [3.63, 3.8) is 0 Å². The predicted octanol–water partition coefficient (Wildman–Crippen LogP) is 1.92. The first-order chi connectivity index (χ1) is 7.77. The van der Waals surface area contributed by atoms with Crippen LogP contribution in [0.15, 0.2) is 24.3 Å². The lowest BCUT2D eigenvalue weighted by Crippen LogP contribution is -2.43. The van der Waals surface area contributed by atoms with E-state index in [1.165, 1.54) is 11.4 Å². The number of benzene rings is 1. The van der Waals surface area contributed by atoms with E-state index in [2.05, 4.69) is 53.6 Å². The normalized spacial score (nSPS) is 16.6. The van der Waals surface area contributed by atoms with Crippen LogP contribution in [0.5, 0.6) is 0 Å². The fraction of sp³-hybridized carbons (Fsp3) is 0.538. The molecule has 2 N–H and O–H groups in total. The summed E-state index contributed by atoms with van der Waals surface area (Å²) in [6, 6.07) is 9.05. The lowest BCUT2D eigenvalue weighted by molar-refractivity contribution is 0.589. The number of hydrogen-bond acceptors (Lipinski definition) is 3. The van der Waals surface area contributed by atoms with Gasteiger partial charge in [-0.3, -0.25) is 0 Å². The third kappa shape index (κ3) is 2.67. The van der Waals surface area contributed by atoms with Crippen molar-refractivity contribution < 1.29 is 0 Å². The Labute approximate surface area is 97.8 Å². The molecule has 1 heterocycles. The molecule has 0 atom stereocenters. The van der Waals surface area contributed by atoms with E-state index >= 15 is 0 Å². The van der Waals surface area contributed by atoms with E-state index in [1.54, 1.807) is 0 Å². The number of nitrogens with one attached hydrogen (secondary N) is 2. The molecule has 1 aromatic rings. The number of para-hydroxylation sites is 2. The van der Waals surface area contributed by atoms with Gasteiger partial charge in [0, 0.05) is 32.2 Å². The molecule has 1 saturated heterocycles. The van der Waals surface area contributed by atoms with Gasteiger partial charge in [-0.05, 0) is 26.0 Å². The SMILES string of the molecule is CC(C)Nc1ccccc1N1CCNCC1. The number of hydrogen-bond donors (Lipinski definition) is 2. The summed E-state index contributed by atoms with van der Waals surface area (Å²) < 4.78 is 0. The minimum absolute atomic E-state index is 0.476. The molecule has 0 aliphatic carbocycles. The van der Waals surface area contributed by atoms with Crippen LogP contribution < -0.4 is 15.5 Å². The van der Waals surface area contributed by atoms with E-state index in [-0.39, 0.29) is 0 Å². The van der Waals surface area contributed by atoms with E-state index in [0.717, 1.165) is 26.2 Å². The van der Waals surface area contributed by atoms with Gasteiger partial charge in [-0.15, -0.1) is 0 Å². The monoisotopic (exact) mass is 219 g/mol. The summed E-state index contributed by atoms with van der Waals surface area (Å²) in [4.78, 5) is 2.45. The fourth-order valence-electron chi connectivity index (χ4n) is 2.09. The van der Waals surface area contributed by atoms with E-state index < -0.39 is 0 Å². The first kappa shape index (κ1) is 11.3. The van der Waals surface area contributed by atoms with Crippen LogP contribution in [-0.4, -0.2) is 32.2 Å². The molecule has 1 fully saturated rings. The maximum Gasteiger partial charge on any atom is 0.0602 e. The zero-order valence-electron chi connectivity index (χ0n) is 10.2. The summed E-state index contributed by atoms with van der Waals surface area (Å²) >= 11 is 0. The Balaban J connectivity index is 2.17. The van der Waals surface area contributed by atoms with Crippen molar-refractivity contribution in [2.45, 2.75) is 19.9 Å². The zero-order valence-corrected chi connectivity index (χ0v) is 10.2. The molecule has 88 valence electrons. The van der Waals surface area contributed by atoms with Gasteiger partial charge in [0.25, 0.3) is 0 Å². The van der Waals surface area contributed by atoms with Crippen LogP contribution in [0.4, 0.5) is 11.4 Å². The van der Waals surface area contributed by atoms with Crippen molar-refractivity contribution in [1.29, 1.82) is 0 Å². The van der Waals surface area contributed by atoms with Crippen molar-refractivity contribution in [3.8, 4) is 0 Å². The summed E-state index contributed by atoms with van der Waals surface area (Å²) in [6.45, 7) is 8.70. The van der Waals surface area contributed by atoms with Crippen molar-refractivity contribution in [3.05, 3.63) is 24.3 Å². The molecule has 0 spiro atoms. The van der Waals surface area contributed by atoms with Gasteiger partial charge in [0.15, 0.2) is 0 Å². The molecule has 0 saturated carbocycles. The molecule has 0 unspecified atom stereocenters. The molecule has 1 aromatic carbocycles. The number of rotatable bonds is 3. The molecule has 0 radical (unpaired) electrons. The Kier molecular flexibility index (Phi) is 3.67. The van der Waals surface area contributed by atoms with Gasteiger partial charge < -0.3 is 15.5 Å². The molecular weight excluding hydrogens is 198 g/mol. The second kappa shape index (κ2) is 5.21. The van der Waals surface area contributed by atoms with Gasteiger partial charge in [0.05, 0.1) is 11.4 Å². The van der Waals surface area contributed by atoms with Gasteiger partial charge in [-0.2, -0.15) is 0 Å². The number of piperazine rings is 1. The Morgan fingerprint density at radius 3 is 2.56 bits per heavy atom. The summed E-state index contributed by atoms with van der Waals surface area (Å²) in [5, 5.41) is 6.89. The second-order valence-corrected chi connectivity index (χ2v) is 4.55. The summed E-state index contributed by atoms with van der Waals surface area (Å²) in [5.41, 5.74) is 2.58. The summed E-state index contributed by atoms with van der Waals surface area (Å²) in [6.07, 6.45) is 0. The molecule has 0 amide bonds. The molecule has 0 bridgehead atoms. The highest BCUT2D eigenvalue weighted by atomic mass is 15.2. The summed E-state index contributed by atoms with van der Waals surface area (Å²) in [5.74, 6) is 0. The highest BCUT2D eigenvalue weighted by molar-refractivity contribution is 5.70. The third-order valence-corrected chi connectivity index (χ3v) is 2.81. The molecule has 16 heavy (non-hydrogen) atoms. The highest BCUT2D eigenvalue weighted by Crippen LogP contribution is 2.26. The fourth-order valence-corrected chi connectivity index (χ4v) is 2.09. The Morgan fingerprint density at radius 1 is 1.19 bits per heavy atom. The Hall–Kier alpha value is -1.22. The second-order valence-electron chi connectivity index (χ2n) is 4.55. The molecule has 1 aliphatic heterocycles. The van der Waals surface area contributed by atoms with E-state index in [9.17, 15) is 0 Å². The zero-order chi connectivity index (χ0) is 11.4. The molecule has 3 heteroatoms. The first-order valence-corrected chi connectivity index (χ1v) is 6.08. The van der Waals surface area contributed by atoms with Gasteiger partial charge in [0.1, 0.15) is 0 Å². The predicted molar refractivity (Wildman–Crippen MR) is 70.3 cm³/mol. The van der Waals surface area contributed by atoms with Crippen LogP contribution >= 0.6 is 0 Å². The number of anilines is 2. The van der Waals surface area contributed by atoms with Gasteiger partial charge in [-0.25, -0.2) is 0 Å². The maximum absolute atomic E-state index is 3.51. The molecule has 1 aliphatic rings. The van der Waals surface area contributed by atoms with Crippen LogP contribution in [0, 0.1) is 0 Å². The molecule has 0 aromatic heterocycles. The summed E-state index contributed by atoms with van der Waals surface area (Å²) in [7, 11) is 0. The van der Waals surface area contributed by atoms with E-state index in [4.69, 9.17) is 0 Å².